The Kier molecular flexibility index (Phi) is 4.34. The lowest BCUT2D eigenvalue weighted by atomic mass is 10.2. The van der Waals surface area contributed by atoms with E-state index in [1.807, 2.05) is 19.1 Å². The molecule has 0 aliphatic heterocycles. The molecule has 0 aliphatic rings. The van der Waals surface area contributed by atoms with Gasteiger partial charge in [-0.1, -0.05) is 6.92 Å². The maximum absolute atomic E-state index is 10.7. The molecule has 2 aromatic heterocycles. The van der Waals surface area contributed by atoms with Gasteiger partial charge in [0.05, 0.1) is 6.07 Å². The molecule has 1 N–H and O–H groups in total. The second-order valence-corrected chi connectivity index (χ2v) is 5.59. The predicted octanol–water partition coefficient (Wildman–Crippen LogP) is 3.65. The Morgan fingerprint density at radius 2 is 2.21 bits per heavy atom. The van der Waals surface area contributed by atoms with Crippen molar-refractivity contribution in [3.8, 4) is 0 Å². The molecule has 0 spiro atoms. The van der Waals surface area contributed by atoms with E-state index in [-0.39, 0.29) is 11.9 Å². The van der Waals surface area contributed by atoms with E-state index in [0.29, 0.717) is 5.76 Å². The van der Waals surface area contributed by atoms with Gasteiger partial charge >= 0.3 is 5.88 Å². The molecule has 0 radical (unpaired) electrons. The zero-order chi connectivity index (χ0) is 13.8. The smallest absolute Gasteiger partial charge is 0.404 e. The molecular weight excluding hydrogens is 264 g/mol. The average Bonchev–Trinajstić information content (AvgIpc) is 2.99. The van der Waals surface area contributed by atoms with Crippen LogP contribution in [0.1, 0.15) is 34.9 Å². The third-order valence-corrected chi connectivity index (χ3v) is 3.79. The fourth-order valence-electron chi connectivity index (χ4n) is 1.83. The second kappa shape index (κ2) is 5.99. The van der Waals surface area contributed by atoms with Crippen LogP contribution in [0.5, 0.6) is 0 Å². The van der Waals surface area contributed by atoms with Gasteiger partial charge in [-0.05, 0) is 38.1 Å². The van der Waals surface area contributed by atoms with Gasteiger partial charge < -0.3 is 9.73 Å². The van der Waals surface area contributed by atoms with Gasteiger partial charge in [-0.2, -0.15) is 0 Å². The van der Waals surface area contributed by atoms with Crippen molar-refractivity contribution in [2.24, 2.45) is 0 Å². The van der Waals surface area contributed by atoms with E-state index in [9.17, 15) is 10.1 Å². The third kappa shape index (κ3) is 3.21. The molecule has 0 bridgehead atoms. The van der Waals surface area contributed by atoms with Gasteiger partial charge in [-0.15, -0.1) is 11.3 Å². The highest BCUT2D eigenvalue weighted by Crippen LogP contribution is 2.31. The molecule has 2 rings (SSSR count). The molecule has 0 amide bonds. The predicted molar refractivity (Wildman–Crippen MR) is 74.6 cm³/mol. The first-order valence-corrected chi connectivity index (χ1v) is 6.97. The highest BCUT2D eigenvalue weighted by atomic mass is 32.1. The lowest BCUT2D eigenvalue weighted by Crippen LogP contribution is -2.21. The Morgan fingerprint density at radius 3 is 2.74 bits per heavy atom. The first kappa shape index (κ1) is 13.8. The summed E-state index contributed by atoms with van der Waals surface area (Å²) >= 11 is 1.67. The van der Waals surface area contributed by atoms with Gasteiger partial charge in [0, 0.05) is 9.75 Å². The summed E-state index contributed by atoms with van der Waals surface area (Å²) in [5, 5.41) is 14.0. The minimum absolute atomic E-state index is 0.118. The van der Waals surface area contributed by atoms with E-state index in [1.165, 1.54) is 10.9 Å². The maximum Gasteiger partial charge on any atom is 0.433 e. The quantitative estimate of drug-likeness (QED) is 0.648. The van der Waals surface area contributed by atoms with Crippen molar-refractivity contribution in [2.75, 3.05) is 6.54 Å². The SMILES string of the molecule is CCCNC(c1ccc([N+](=O)[O-])o1)c1ccc(C)s1. The first-order chi connectivity index (χ1) is 9.11. The Morgan fingerprint density at radius 1 is 1.42 bits per heavy atom. The summed E-state index contributed by atoms with van der Waals surface area (Å²) in [4.78, 5) is 12.5. The summed E-state index contributed by atoms with van der Waals surface area (Å²) in [6.07, 6.45) is 0.990. The molecule has 0 aliphatic carbocycles. The molecule has 102 valence electrons. The van der Waals surface area contributed by atoms with Crippen LogP contribution in [-0.4, -0.2) is 11.5 Å². The number of furan rings is 1. The molecule has 2 aromatic rings. The molecular formula is C13H16N2O3S. The minimum atomic E-state index is -0.514. The average molecular weight is 280 g/mol. The topological polar surface area (TPSA) is 68.3 Å². The van der Waals surface area contributed by atoms with Gasteiger partial charge in [0.2, 0.25) is 0 Å². The zero-order valence-corrected chi connectivity index (χ0v) is 11.7. The van der Waals surface area contributed by atoms with Crippen LogP contribution in [0.4, 0.5) is 5.88 Å². The van der Waals surface area contributed by atoms with Crippen molar-refractivity contribution in [2.45, 2.75) is 26.3 Å². The number of nitrogens with zero attached hydrogens (tertiary/aromatic N) is 1. The standard InChI is InChI=1S/C13H16N2O3S/c1-3-8-14-13(11-6-4-9(2)19-11)10-5-7-12(18-10)15(16)17/h4-7,13-14H,3,8H2,1-2H3. The number of rotatable bonds is 6. The summed E-state index contributed by atoms with van der Waals surface area (Å²) in [5.41, 5.74) is 0. The van der Waals surface area contributed by atoms with Crippen molar-refractivity contribution in [1.82, 2.24) is 5.32 Å². The molecule has 1 unspecified atom stereocenters. The Labute approximate surface area is 115 Å². The minimum Gasteiger partial charge on any atom is -0.404 e. The number of hydrogen-bond donors (Lipinski definition) is 1. The summed E-state index contributed by atoms with van der Waals surface area (Å²) in [7, 11) is 0. The summed E-state index contributed by atoms with van der Waals surface area (Å²) in [6.45, 7) is 4.94. The van der Waals surface area contributed by atoms with Crippen molar-refractivity contribution in [1.29, 1.82) is 0 Å². The molecule has 6 heteroatoms. The first-order valence-electron chi connectivity index (χ1n) is 6.15. The number of thiophene rings is 1. The van der Waals surface area contributed by atoms with Crippen molar-refractivity contribution in [3.05, 3.63) is 49.9 Å². The van der Waals surface area contributed by atoms with Gasteiger partial charge in [0.1, 0.15) is 16.7 Å². The largest absolute Gasteiger partial charge is 0.433 e. The molecule has 5 nitrogen and oxygen atoms in total. The summed E-state index contributed by atoms with van der Waals surface area (Å²) in [6, 6.07) is 7.02. The number of aryl methyl sites for hydroxylation is 1. The van der Waals surface area contributed by atoms with E-state index in [2.05, 4.69) is 12.2 Å². The molecule has 0 saturated carbocycles. The van der Waals surface area contributed by atoms with Crippen LogP contribution in [0.25, 0.3) is 0 Å². The second-order valence-electron chi connectivity index (χ2n) is 4.27. The van der Waals surface area contributed by atoms with Crippen LogP contribution >= 0.6 is 11.3 Å². The highest BCUT2D eigenvalue weighted by molar-refractivity contribution is 7.12. The molecule has 19 heavy (non-hydrogen) atoms. The lowest BCUT2D eigenvalue weighted by Gasteiger charge is -2.14. The van der Waals surface area contributed by atoms with E-state index in [4.69, 9.17) is 4.42 Å². The fraction of sp³-hybridized carbons (Fsp3) is 0.385. The van der Waals surface area contributed by atoms with Crippen molar-refractivity contribution < 1.29 is 9.34 Å². The monoisotopic (exact) mass is 280 g/mol. The number of hydrogen-bond acceptors (Lipinski definition) is 5. The molecule has 0 fully saturated rings. The fourth-order valence-corrected chi connectivity index (χ4v) is 2.80. The van der Waals surface area contributed by atoms with Gasteiger partial charge in [-0.25, -0.2) is 0 Å². The van der Waals surface area contributed by atoms with Crippen LogP contribution in [-0.2, 0) is 0 Å². The molecule has 0 aromatic carbocycles. The Bertz CT molecular complexity index is 562. The van der Waals surface area contributed by atoms with Crippen LogP contribution in [0.15, 0.2) is 28.7 Å². The van der Waals surface area contributed by atoms with Crippen LogP contribution in [0.2, 0.25) is 0 Å². The van der Waals surface area contributed by atoms with Crippen molar-refractivity contribution >= 4 is 17.2 Å². The number of nitro groups is 1. The Hall–Kier alpha value is -1.66. The molecule has 1 atom stereocenters. The Balaban J connectivity index is 2.28. The maximum atomic E-state index is 10.7. The highest BCUT2D eigenvalue weighted by Gasteiger charge is 2.22. The lowest BCUT2D eigenvalue weighted by molar-refractivity contribution is -0.402. The van der Waals surface area contributed by atoms with E-state index < -0.39 is 4.92 Å². The van der Waals surface area contributed by atoms with Crippen molar-refractivity contribution in [3.63, 3.8) is 0 Å². The molecule has 2 heterocycles. The third-order valence-electron chi connectivity index (χ3n) is 2.72. The van der Waals surface area contributed by atoms with E-state index >= 15 is 0 Å². The van der Waals surface area contributed by atoms with Gasteiger partial charge in [0.25, 0.3) is 0 Å². The number of nitrogens with one attached hydrogen (secondary N) is 1. The molecule has 0 saturated heterocycles. The van der Waals surface area contributed by atoms with Gasteiger partial charge in [-0.3, -0.25) is 10.1 Å². The van der Waals surface area contributed by atoms with E-state index in [1.54, 1.807) is 17.4 Å². The van der Waals surface area contributed by atoms with E-state index in [0.717, 1.165) is 17.8 Å². The van der Waals surface area contributed by atoms with Gasteiger partial charge in [0.15, 0.2) is 0 Å². The van der Waals surface area contributed by atoms with Crippen LogP contribution < -0.4 is 5.32 Å². The summed E-state index contributed by atoms with van der Waals surface area (Å²) < 4.78 is 5.31. The zero-order valence-electron chi connectivity index (χ0n) is 10.9. The summed E-state index contributed by atoms with van der Waals surface area (Å²) in [5.74, 6) is 0.369. The van der Waals surface area contributed by atoms with Crippen LogP contribution in [0.3, 0.4) is 0 Å². The van der Waals surface area contributed by atoms with Crippen LogP contribution in [0, 0.1) is 17.0 Å². The normalized spacial score (nSPS) is 12.5.